The van der Waals surface area contributed by atoms with Gasteiger partial charge < -0.3 is 9.47 Å². The van der Waals surface area contributed by atoms with Crippen LogP contribution in [0, 0.1) is 5.41 Å². The van der Waals surface area contributed by atoms with Crippen molar-refractivity contribution in [3.05, 3.63) is 24.3 Å². The zero-order valence-electron chi connectivity index (χ0n) is 13.6. The van der Waals surface area contributed by atoms with E-state index in [1.807, 2.05) is 32.9 Å². The Labute approximate surface area is 127 Å². The number of rotatable bonds is 5. The Morgan fingerprint density at radius 3 is 2.19 bits per heavy atom. The van der Waals surface area contributed by atoms with Crippen molar-refractivity contribution >= 4 is 5.97 Å². The molecule has 1 saturated carbocycles. The summed E-state index contributed by atoms with van der Waals surface area (Å²) >= 11 is 0. The summed E-state index contributed by atoms with van der Waals surface area (Å²) in [7, 11) is 0. The summed E-state index contributed by atoms with van der Waals surface area (Å²) in [5, 5.41) is 0. The van der Waals surface area contributed by atoms with E-state index in [-0.39, 0.29) is 11.6 Å². The van der Waals surface area contributed by atoms with Gasteiger partial charge in [-0.05, 0) is 77.1 Å². The number of hydrogen-bond donors (Lipinski definition) is 0. The Bertz CT molecular complexity index is 482. The number of ether oxygens (including phenoxy) is 2. The molecule has 3 heteroatoms. The van der Waals surface area contributed by atoms with Crippen LogP contribution in [0.3, 0.4) is 0 Å². The van der Waals surface area contributed by atoms with E-state index in [1.54, 1.807) is 12.1 Å². The fraction of sp³-hybridized carbons (Fsp3) is 0.611. The van der Waals surface area contributed by atoms with Gasteiger partial charge in [0, 0.05) is 0 Å². The molecule has 0 N–H and O–H groups in total. The zero-order valence-corrected chi connectivity index (χ0v) is 13.6. The summed E-state index contributed by atoms with van der Waals surface area (Å²) in [6.45, 7) is 7.94. The molecular formula is C18H26O3. The first-order valence-corrected chi connectivity index (χ1v) is 7.86. The van der Waals surface area contributed by atoms with E-state index < -0.39 is 5.41 Å². The Hall–Kier alpha value is -1.51. The maximum absolute atomic E-state index is 12.0. The van der Waals surface area contributed by atoms with Gasteiger partial charge in [0.2, 0.25) is 0 Å². The predicted molar refractivity (Wildman–Crippen MR) is 83.7 cm³/mol. The largest absolute Gasteiger partial charge is 0.488 e. The quantitative estimate of drug-likeness (QED) is 0.580. The molecule has 0 unspecified atom stereocenters. The molecule has 1 fully saturated rings. The fourth-order valence-electron chi connectivity index (χ4n) is 2.47. The van der Waals surface area contributed by atoms with Gasteiger partial charge in [-0.2, -0.15) is 0 Å². The van der Waals surface area contributed by atoms with Crippen molar-refractivity contribution in [3.8, 4) is 11.5 Å². The molecular weight excluding hydrogens is 264 g/mol. The minimum absolute atomic E-state index is 0.0393. The van der Waals surface area contributed by atoms with Crippen LogP contribution in [0.1, 0.15) is 59.8 Å². The second kappa shape index (κ2) is 6.08. The molecule has 1 aliphatic carbocycles. The fourth-order valence-corrected chi connectivity index (χ4v) is 2.47. The molecule has 3 nitrogen and oxygen atoms in total. The van der Waals surface area contributed by atoms with E-state index in [2.05, 4.69) is 6.92 Å². The van der Waals surface area contributed by atoms with Crippen molar-refractivity contribution < 1.29 is 14.3 Å². The van der Waals surface area contributed by atoms with Crippen molar-refractivity contribution in [2.45, 2.75) is 65.4 Å². The van der Waals surface area contributed by atoms with E-state index >= 15 is 0 Å². The molecule has 0 radical (unpaired) electrons. The van der Waals surface area contributed by atoms with Crippen molar-refractivity contribution in [1.82, 2.24) is 0 Å². The third-order valence-electron chi connectivity index (χ3n) is 4.50. The summed E-state index contributed by atoms with van der Waals surface area (Å²) < 4.78 is 11.5. The lowest BCUT2D eigenvalue weighted by Gasteiger charge is -2.25. The first-order valence-electron chi connectivity index (χ1n) is 7.86. The van der Waals surface area contributed by atoms with Crippen LogP contribution < -0.4 is 9.47 Å². The third kappa shape index (κ3) is 3.99. The van der Waals surface area contributed by atoms with Gasteiger partial charge in [-0.15, -0.1) is 0 Å². The molecule has 0 aliphatic heterocycles. The highest BCUT2D eigenvalue weighted by atomic mass is 16.5. The van der Waals surface area contributed by atoms with Gasteiger partial charge in [0.1, 0.15) is 17.1 Å². The molecule has 21 heavy (non-hydrogen) atoms. The molecule has 0 saturated heterocycles. The van der Waals surface area contributed by atoms with Crippen LogP contribution in [0.2, 0.25) is 0 Å². The lowest BCUT2D eigenvalue weighted by atomic mass is 9.91. The molecule has 1 aromatic carbocycles. The summed E-state index contributed by atoms with van der Waals surface area (Å²) in [5.41, 5.74) is -0.491. The van der Waals surface area contributed by atoms with Crippen LogP contribution in [0.25, 0.3) is 0 Å². The van der Waals surface area contributed by atoms with Gasteiger partial charge >= 0.3 is 5.97 Å². The molecule has 0 atom stereocenters. The van der Waals surface area contributed by atoms with Gasteiger partial charge in [-0.1, -0.05) is 6.92 Å². The summed E-state index contributed by atoms with van der Waals surface area (Å²) in [6.07, 6.45) is 5.44. The SMILES string of the molecule is CCC(C)(C)C(=O)Oc1ccc(OC2(C)CCCC2)cc1. The minimum atomic E-state index is -0.452. The van der Waals surface area contributed by atoms with E-state index in [0.717, 1.165) is 25.0 Å². The minimum Gasteiger partial charge on any atom is -0.488 e. The van der Waals surface area contributed by atoms with Crippen molar-refractivity contribution in [1.29, 1.82) is 0 Å². The summed E-state index contributed by atoms with van der Waals surface area (Å²) in [5.74, 6) is 1.22. The molecule has 0 bridgehead atoms. The number of esters is 1. The Balaban J connectivity index is 1.97. The van der Waals surface area contributed by atoms with Crippen molar-refractivity contribution in [2.75, 3.05) is 0 Å². The van der Waals surface area contributed by atoms with Crippen LogP contribution >= 0.6 is 0 Å². The van der Waals surface area contributed by atoms with Gasteiger partial charge in [0.25, 0.3) is 0 Å². The maximum Gasteiger partial charge on any atom is 0.316 e. The van der Waals surface area contributed by atoms with E-state index in [4.69, 9.17) is 9.47 Å². The highest BCUT2D eigenvalue weighted by Crippen LogP contribution is 2.34. The van der Waals surface area contributed by atoms with E-state index in [0.29, 0.717) is 5.75 Å². The summed E-state index contributed by atoms with van der Waals surface area (Å²) in [6, 6.07) is 7.37. The molecule has 1 aromatic rings. The highest BCUT2D eigenvalue weighted by molar-refractivity contribution is 5.78. The molecule has 0 aromatic heterocycles. The molecule has 0 spiro atoms. The number of carbonyl (C=O) groups is 1. The van der Waals surface area contributed by atoms with Crippen molar-refractivity contribution in [2.24, 2.45) is 5.41 Å². The monoisotopic (exact) mass is 290 g/mol. The number of benzene rings is 1. The maximum atomic E-state index is 12.0. The Morgan fingerprint density at radius 1 is 1.14 bits per heavy atom. The second-order valence-corrected chi connectivity index (χ2v) is 6.86. The molecule has 0 amide bonds. The van der Waals surface area contributed by atoms with Crippen LogP contribution in [-0.2, 0) is 4.79 Å². The lowest BCUT2D eigenvalue weighted by molar-refractivity contribution is -0.144. The topological polar surface area (TPSA) is 35.5 Å². The van der Waals surface area contributed by atoms with Crippen LogP contribution in [0.15, 0.2) is 24.3 Å². The Morgan fingerprint density at radius 2 is 1.67 bits per heavy atom. The van der Waals surface area contributed by atoms with Gasteiger partial charge in [0.15, 0.2) is 0 Å². The first-order chi connectivity index (χ1) is 9.85. The smallest absolute Gasteiger partial charge is 0.316 e. The van der Waals surface area contributed by atoms with Gasteiger partial charge in [-0.25, -0.2) is 0 Å². The third-order valence-corrected chi connectivity index (χ3v) is 4.50. The van der Waals surface area contributed by atoms with Gasteiger partial charge in [0.05, 0.1) is 5.41 Å². The first kappa shape index (κ1) is 15.9. The van der Waals surface area contributed by atoms with E-state index in [1.165, 1.54) is 12.8 Å². The standard InChI is InChI=1S/C18H26O3/c1-5-17(2,3)16(19)20-14-8-10-15(11-9-14)21-18(4)12-6-7-13-18/h8-11H,5-7,12-13H2,1-4H3. The zero-order chi connectivity index (χ0) is 15.5. The number of hydrogen-bond acceptors (Lipinski definition) is 3. The van der Waals surface area contributed by atoms with Crippen LogP contribution in [-0.4, -0.2) is 11.6 Å². The Kier molecular flexibility index (Phi) is 4.60. The highest BCUT2D eigenvalue weighted by Gasteiger charge is 2.31. The van der Waals surface area contributed by atoms with Gasteiger partial charge in [-0.3, -0.25) is 4.79 Å². The normalized spacial score (nSPS) is 17.5. The predicted octanol–water partition coefficient (Wildman–Crippen LogP) is 4.74. The molecule has 0 heterocycles. The average molecular weight is 290 g/mol. The van der Waals surface area contributed by atoms with Crippen LogP contribution in [0.4, 0.5) is 0 Å². The molecule has 1 aliphatic rings. The number of carbonyl (C=O) groups excluding carboxylic acids is 1. The molecule has 2 rings (SSSR count). The van der Waals surface area contributed by atoms with Crippen LogP contribution in [0.5, 0.6) is 11.5 Å². The lowest BCUT2D eigenvalue weighted by Crippen LogP contribution is -2.28. The van der Waals surface area contributed by atoms with E-state index in [9.17, 15) is 4.79 Å². The average Bonchev–Trinajstić information content (AvgIpc) is 2.87. The molecule has 116 valence electrons. The van der Waals surface area contributed by atoms with Crippen molar-refractivity contribution in [3.63, 3.8) is 0 Å². The summed E-state index contributed by atoms with van der Waals surface area (Å²) in [4.78, 5) is 12.0. The second-order valence-electron chi connectivity index (χ2n) is 6.86.